The number of carbonyl (C=O) groups is 2. The van der Waals surface area contributed by atoms with E-state index < -0.39 is 0 Å². The molecule has 0 saturated carbocycles. The third-order valence-electron chi connectivity index (χ3n) is 3.86. The number of benzene rings is 2. The fourth-order valence-corrected chi connectivity index (χ4v) is 2.84. The summed E-state index contributed by atoms with van der Waals surface area (Å²) in [5.74, 6) is 0.0632. The topological polar surface area (TPSA) is 40.6 Å². The van der Waals surface area contributed by atoms with Crippen molar-refractivity contribution in [2.24, 2.45) is 11.8 Å². The van der Waals surface area contributed by atoms with Gasteiger partial charge in [-0.3, -0.25) is 9.59 Å². The molecule has 0 unspecified atom stereocenters. The smallest absolute Gasteiger partial charge is 0.267 e. The molecule has 138 valence electrons. The third-order valence-corrected chi connectivity index (χ3v) is 3.86. The van der Waals surface area contributed by atoms with E-state index in [4.69, 9.17) is 0 Å². The molecule has 2 rings (SSSR count). The molecule has 4 nitrogen and oxygen atoms in total. The van der Waals surface area contributed by atoms with Crippen LogP contribution >= 0.6 is 0 Å². The Morgan fingerprint density at radius 2 is 1.04 bits per heavy atom. The second-order valence-corrected chi connectivity index (χ2v) is 7.31. The van der Waals surface area contributed by atoms with Crippen molar-refractivity contribution in [2.45, 2.75) is 27.7 Å². The van der Waals surface area contributed by atoms with Gasteiger partial charge in [-0.1, -0.05) is 64.1 Å². The molecular formula is C22H28N2O2. The molecule has 0 aromatic heterocycles. The lowest BCUT2D eigenvalue weighted by atomic mass is 10.1. The molecule has 0 aliphatic heterocycles. The molecule has 2 amide bonds. The summed E-state index contributed by atoms with van der Waals surface area (Å²) in [6.45, 7) is 9.62. The molecule has 0 heterocycles. The van der Waals surface area contributed by atoms with Gasteiger partial charge in [-0.15, -0.1) is 0 Å². The molecule has 0 bridgehead atoms. The molecule has 0 atom stereocenters. The van der Waals surface area contributed by atoms with E-state index in [2.05, 4.69) is 27.7 Å². The summed E-state index contributed by atoms with van der Waals surface area (Å²) in [4.78, 5) is 26.5. The quantitative estimate of drug-likeness (QED) is 0.544. The van der Waals surface area contributed by atoms with Crippen LogP contribution < -0.4 is 0 Å². The van der Waals surface area contributed by atoms with Crippen LogP contribution in [-0.2, 0) is 0 Å². The van der Waals surface area contributed by atoms with Crippen LogP contribution in [0, 0.1) is 11.8 Å². The molecule has 0 aliphatic rings. The van der Waals surface area contributed by atoms with E-state index in [1.807, 2.05) is 41.4 Å². The lowest BCUT2D eigenvalue weighted by Gasteiger charge is -2.35. The Kier molecular flexibility index (Phi) is 7.10. The SMILES string of the molecule is CC(C)CN(CC(C)C)N(C(=O)c1ccccc1)C(=O)c1ccccc1. The van der Waals surface area contributed by atoms with E-state index in [1.54, 1.807) is 24.3 Å². The monoisotopic (exact) mass is 352 g/mol. The van der Waals surface area contributed by atoms with E-state index >= 15 is 0 Å². The molecule has 0 radical (unpaired) electrons. The Morgan fingerprint density at radius 1 is 0.692 bits per heavy atom. The van der Waals surface area contributed by atoms with Crippen molar-refractivity contribution in [1.82, 2.24) is 10.0 Å². The summed E-state index contributed by atoms with van der Waals surface area (Å²) in [5.41, 5.74) is 1.02. The molecule has 2 aromatic carbocycles. The van der Waals surface area contributed by atoms with E-state index in [-0.39, 0.29) is 11.8 Å². The predicted octanol–water partition coefficient (Wildman–Crippen LogP) is 4.50. The van der Waals surface area contributed by atoms with E-state index in [9.17, 15) is 9.59 Å². The molecule has 0 saturated heterocycles. The number of hydrazine groups is 1. The van der Waals surface area contributed by atoms with Gasteiger partial charge in [-0.25, -0.2) is 10.0 Å². The van der Waals surface area contributed by atoms with E-state index in [1.165, 1.54) is 5.01 Å². The second-order valence-electron chi connectivity index (χ2n) is 7.31. The fourth-order valence-electron chi connectivity index (χ4n) is 2.84. The standard InChI is InChI=1S/C22H28N2O2/c1-17(2)15-23(16-18(3)4)24(21(25)19-11-7-5-8-12-19)22(26)20-13-9-6-10-14-20/h5-14,17-18H,15-16H2,1-4H3. The molecule has 0 aliphatic carbocycles. The van der Waals surface area contributed by atoms with Gasteiger partial charge in [0, 0.05) is 24.2 Å². The highest BCUT2D eigenvalue weighted by molar-refractivity contribution is 6.09. The Labute approximate surface area is 156 Å². The van der Waals surface area contributed by atoms with Crippen molar-refractivity contribution in [3.05, 3.63) is 71.8 Å². The Morgan fingerprint density at radius 3 is 1.35 bits per heavy atom. The molecule has 0 fully saturated rings. The first kappa shape index (κ1) is 19.9. The van der Waals surface area contributed by atoms with Crippen LogP contribution in [0.5, 0.6) is 0 Å². The normalized spacial score (nSPS) is 11.2. The van der Waals surface area contributed by atoms with Gasteiger partial charge in [0.25, 0.3) is 11.8 Å². The van der Waals surface area contributed by atoms with Gasteiger partial charge >= 0.3 is 0 Å². The molecule has 26 heavy (non-hydrogen) atoms. The van der Waals surface area contributed by atoms with Gasteiger partial charge in [-0.05, 0) is 36.1 Å². The zero-order valence-electron chi connectivity index (χ0n) is 16.1. The van der Waals surface area contributed by atoms with Gasteiger partial charge in [0.05, 0.1) is 0 Å². The Hall–Kier alpha value is -2.46. The molecular weight excluding hydrogens is 324 g/mol. The van der Waals surface area contributed by atoms with Gasteiger partial charge in [0.15, 0.2) is 0 Å². The molecule has 0 spiro atoms. The van der Waals surface area contributed by atoms with Gasteiger partial charge in [0.2, 0.25) is 0 Å². The Balaban J connectivity index is 2.45. The minimum Gasteiger partial charge on any atom is -0.267 e. The van der Waals surface area contributed by atoms with Crippen molar-refractivity contribution in [2.75, 3.05) is 13.1 Å². The largest absolute Gasteiger partial charge is 0.275 e. The first-order valence-electron chi connectivity index (χ1n) is 9.14. The van der Waals surface area contributed by atoms with Crippen molar-refractivity contribution >= 4 is 11.8 Å². The fraction of sp³-hybridized carbons (Fsp3) is 0.364. The lowest BCUT2D eigenvalue weighted by Crippen LogP contribution is -2.52. The first-order valence-corrected chi connectivity index (χ1v) is 9.14. The summed E-state index contributed by atoms with van der Waals surface area (Å²) >= 11 is 0. The van der Waals surface area contributed by atoms with Crippen molar-refractivity contribution in [1.29, 1.82) is 0 Å². The maximum Gasteiger partial charge on any atom is 0.275 e. The number of hydrogen-bond acceptors (Lipinski definition) is 3. The van der Waals surface area contributed by atoms with Crippen molar-refractivity contribution in [3.8, 4) is 0 Å². The van der Waals surface area contributed by atoms with E-state index in [0.717, 1.165) is 0 Å². The highest BCUT2D eigenvalue weighted by Crippen LogP contribution is 2.16. The highest BCUT2D eigenvalue weighted by Gasteiger charge is 2.30. The minimum absolute atomic E-state index is 0.291. The average Bonchev–Trinajstić information content (AvgIpc) is 2.62. The van der Waals surface area contributed by atoms with Gasteiger partial charge in [0.1, 0.15) is 0 Å². The summed E-state index contributed by atoms with van der Waals surface area (Å²) < 4.78 is 0. The van der Waals surface area contributed by atoms with Crippen LogP contribution in [0.1, 0.15) is 48.4 Å². The summed E-state index contributed by atoms with van der Waals surface area (Å²) in [7, 11) is 0. The van der Waals surface area contributed by atoms with Crippen LogP contribution in [0.25, 0.3) is 0 Å². The highest BCUT2D eigenvalue weighted by atomic mass is 16.2. The maximum absolute atomic E-state index is 13.2. The minimum atomic E-state index is -0.291. The molecule has 0 N–H and O–H groups in total. The third kappa shape index (κ3) is 5.27. The predicted molar refractivity (Wildman–Crippen MR) is 105 cm³/mol. The maximum atomic E-state index is 13.2. The number of imide groups is 1. The van der Waals surface area contributed by atoms with Crippen LogP contribution in [0.4, 0.5) is 0 Å². The number of carbonyl (C=O) groups excluding carboxylic acids is 2. The van der Waals surface area contributed by atoms with Crippen molar-refractivity contribution in [3.63, 3.8) is 0 Å². The van der Waals surface area contributed by atoms with E-state index in [0.29, 0.717) is 36.1 Å². The summed E-state index contributed by atoms with van der Waals surface area (Å²) in [6, 6.07) is 18.0. The molecule has 2 aromatic rings. The second kappa shape index (κ2) is 9.30. The van der Waals surface area contributed by atoms with Gasteiger partial charge in [-0.2, -0.15) is 0 Å². The van der Waals surface area contributed by atoms with Crippen LogP contribution in [0.15, 0.2) is 60.7 Å². The van der Waals surface area contributed by atoms with Crippen LogP contribution in [-0.4, -0.2) is 34.9 Å². The zero-order chi connectivity index (χ0) is 19.1. The lowest BCUT2D eigenvalue weighted by molar-refractivity contribution is -0.0127. The zero-order valence-corrected chi connectivity index (χ0v) is 16.1. The number of amides is 2. The van der Waals surface area contributed by atoms with Crippen molar-refractivity contribution < 1.29 is 9.59 Å². The van der Waals surface area contributed by atoms with Crippen LogP contribution in [0.2, 0.25) is 0 Å². The number of hydrogen-bond donors (Lipinski definition) is 0. The number of nitrogens with zero attached hydrogens (tertiary/aromatic N) is 2. The average molecular weight is 352 g/mol. The molecule has 4 heteroatoms. The summed E-state index contributed by atoms with van der Waals surface area (Å²) in [6.07, 6.45) is 0. The first-order chi connectivity index (χ1) is 12.4. The summed E-state index contributed by atoms with van der Waals surface area (Å²) in [5, 5.41) is 3.21. The number of rotatable bonds is 7. The van der Waals surface area contributed by atoms with Gasteiger partial charge < -0.3 is 0 Å². The Bertz CT molecular complexity index is 650. The van der Waals surface area contributed by atoms with Crippen LogP contribution in [0.3, 0.4) is 0 Å².